The molecule has 3 rings (SSSR count). The summed E-state index contributed by atoms with van der Waals surface area (Å²) in [4.78, 5) is 28.2. The molecule has 1 atom stereocenters. The van der Waals surface area contributed by atoms with Crippen LogP contribution in [-0.4, -0.2) is 54.8 Å². The molecular formula is C16H21N3O2. The molecule has 1 N–H and O–H groups in total. The summed E-state index contributed by atoms with van der Waals surface area (Å²) >= 11 is 0. The number of hydrogen-bond donors (Lipinski definition) is 1. The summed E-state index contributed by atoms with van der Waals surface area (Å²) in [5.74, 6) is -0.0238. The minimum absolute atomic E-state index is 0.0140. The standard InChI is InChI=1S/C16H21N3O2/c1-18(2)16(21)14-4-3-9-19(14)15(20)12-6-5-11-7-8-17-13(11)10-12/h5-6,10,14,17H,3-4,7-9H2,1-2H3. The lowest BCUT2D eigenvalue weighted by Gasteiger charge is -2.26. The van der Waals surface area contributed by atoms with Gasteiger partial charge in [-0.2, -0.15) is 0 Å². The lowest BCUT2D eigenvalue weighted by molar-refractivity contribution is -0.132. The van der Waals surface area contributed by atoms with Crippen molar-refractivity contribution in [3.8, 4) is 0 Å². The zero-order valence-corrected chi connectivity index (χ0v) is 12.6. The molecule has 1 aromatic rings. The zero-order valence-electron chi connectivity index (χ0n) is 12.6. The first-order valence-electron chi connectivity index (χ1n) is 7.47. The van der Waals surface area contributed by atoms with Crippen LogP contribution in [0, 0.1) is 0 Å². The molecule has 0 bridgehead atoms. The Kier molecular flexibility index (Phi) is 3.57. The number of hydrogen-bond acceptors (Lipinski definition) is 3. The van der Waals surface area contributed by atoms with E-state index in [1.807, 2.05) is 18.2 Å². The Hall–Kier alpha value is -2.04. The molecular weight excluding hydrogens is 266 g/mol. The fraction of sp³-hybridized carbons (Fsp3) is 0.500. The van der Waals surface area contributed by atoms with E-state index >= 15 is 0 Å². The first kappa shape index (κ1) is 13.9. The van der Waals surface area contributed by atoms with E-state index in [0.717, 1.165) is 31.5 Å². The number of likely N-dealkylation sites (N-methyl/N-ethyl adjacent to an activating group) is 1. The van der Waals surface area contributed by atoms with Gasteiger partial charge in [-0.25, -0.2) is 0 Å². The van der Waals surface area contributed by atoms with Gasteiger partial charge in [0.1, 0.15) is 6.04 Å². The van der Waals surface area contributed by atoms with E-state index in [-0.39, 0.29) is 17.9 Å². The number of likely N-dealkylation sites (tertiary alicyclic amines) is 1. The highest BCUT2D eigenvalue weighted by atomic mass is 16.2. The molecule has 21 heavy (non-hydrogen) atoms. The van der Waals surface area contributed by atoms with Crippen LogP contribution in [0.5, 0.6) is 0 Å². The Morgan fingerprint density at radius 2 is 2.14 bits per heavy atom. The van der Waals surface area contributed by atoms with Gasteiger partial charge in [0.2, 0.25) is 5.91 Å². The van der Waals surface area contributed by atoms with E-state index in [9.17, 15) is 9.59 Å². The van der Waals surface area contributed by atoms with Gasteiger partial charge in [-0.15, -0.1) is 0 Å². The maximum atomic E-state index is 12.7. The summed E-state index contributed by atoms with van der Waals surface area (Å²) in [6, 6.07) is 5.50. The number of nitrogens with one attached hydrogen (secondary N) is 1. The highest BCUT2D eigenvalue weighted by molar-refractivity contribution is 5.98. The number of amides is 2. The molecule has 0 radical (unpaired) electrons. The quantitative estimate of drug-likeness (QED) is 0.893. The second-order valence-electron chi connectivity index (χ2n) is 5.94. The van der Waals surface area contributed by atoms with Crippen LogP contribution in [0.3, 0.4) is 0 Å². The number of carbonyl (C=O) groups is 2. The number of carbonyl (C=O) groups excluding carboxylic acids is 2. The van der Waals surface area contributed by atoms with Gasteiger partial charge in [0, 0.05) is 38.4 Å². The molecule has 1 saturated heterocycles. The van der Waals surface area contributed by atoms with Gasteiger partial charge in [-0.05, 0) is 37.0 Å². The lowest BCUT2D eigenvalue weighted by atomic mass is 10.1. The molecule has 1 unspecified atom stereocenters. The van der Waals surface area contributed by atoms with E-state index in [1.165, 1.54) is 5.56 Å². The fourth-order valence-corrected chi connectivity index (χ4v) is 3.15. The summed E-state index contributed by atoms with van der Waals surface area (Å²) in [6.07, 6.45) is 2.65. The van der Waals surface area contributed by atoms with E-state index in [4.69, 9.17) is 0 Å². The van der Waals surface area contributed by atoms with E-state index < -0.39 is 0 Å². The van der Waals surface area contributed by atoms with Crippen LogP contribution >= 0.6 is 0 Å². The Labute approximate surface area is 124 Å². The first-order valence-corrected chi connectivity index (χ1v) is 7.47. The van der Waals surface area contributed by atoms with Crippen LogP contribution < -0.4 is 5.32 Å². The number of rotatable bonds is 2. The predicted molar refractivity (Wildman–Crippen MR) is 81.4 cm³/mol. The summed E-state index contributed by atoms with van der Waals surface area (Å²) in [5, 5.41) is 3.29. The molecule has 1 aromatic carbocycles. The van der Waals surface area contributed by atoms with E-state index in [2.05, 4.69) is 5.32 Å². The third-order valence-electron chi connectivity index (χ3n) is 4.31. The van der Waals surface area contributed by atoms with E-state index in [0.29, 0.717) is 12.1 Å². The van der Waals surface area contributed by atoms with Gasteiger partial charge in [-0.1, -0.05) is 6.07 Å². The molecule has 112 valence electrons. The van der Waals surface area contributed by atoms with Gasteiger partial charge in [0.05, 0.1) is 0 Å². The third kappa shape index (κ3) is 2.48. The van der Waals surface area contributed by atoms with Crippen LogP contribution in [0.4, 0.5) is 5.69 Å². The predicted octanol–water partition coefficient (Wildman–Crippen LogP) is 1.35. The molecule has 2 aliphatic heterocycles. The van der Waals surface area contributed by atoms with Crippen molar-refractivity contribution in [3.05, 3.63) is 29.3 Å². The van der Waals surface area contributed by atoms with Crippen LogP contribution in [-0.2, 0) is 11.2 Å². The summed E-state index contributed by atoms with van der Waals surface area (Å²) < 4.78 is 0. The molecule has 1 fully saturated rings. The second-order valence-corrected chi connectivity index (χ2v) is 5.94. The van der Waals surface area contributed by atoms with Crippen LogP contribution in [0.25, 0.3) is 0 Å². The van der Waals surface area contributed by atoms with Gasteiger partial charge >= 0.3 is 0 Å². The van der Waals surface area contributed by atoms with Crippen molar-refractivity contribution in [2.24, 2.45) is 0 Å². The SMILES string of the molecule is CN(C)C(=O)C1CCCN1C(=O)c1ccc2c(c1)NCC2. The number of benzene rings is 1. The number of nitrogens with zero attached hydrogens (tertiary/aromatic N) is 2. The van der Waals surface area contributed by atoms with Crippen molar-refractivity contribution in [2.45, 2.75) is 25.3 Å². The number of fused-ring (bicyclic) bond motifs is 1. The smallest absolute Gasteiger partial charge is 0.254 e. The molecule has 0 spiro atoms. The Bertz CT molecular complexity index is 583. The van der Waals surface area contributed by atoms with Crippen molar-refractivity contribution in [2.75, 3.05) is 32.5 Å². The molecule has 5 heteroatoms. The fourth-order valence-electron chi connectivity index (χ4n) is 3.15. The molecule has 0 aromatic heterocycles. The second kappa shape index (κ2) is 5.39. The van der Waals surface area contributed by atoms with Crippen molar-refractivity contribution in [3.63, 3.8) is 0 Å². The molecule has 0 aliphatic carbocycles. The Morgan fingerprint density at radius 1 is 1.33 bits per heavy atom. The molecule has 2 amide bonds. The minimum Gasteiger partial charge on any atom is -0.384 e. The largest absolute Gasteiger partial charge is 0.384 e. The van der Waals surface area contributed by atoms with Gasteiger partial charge in [0.25, 0.3) is 5.91 Å². The molecule has 2 aliphatic rings. The van der Waals surface area contributed by atoms with Crippen LogP contribution in [0.1, 0.15) is 28.8 Å². The van der Waals surface area contributed by atoms with Crippen molar-refractivity contribution in [1.82, 2.24) is 9.80 Å². The summed E-state index contributed by atoms with van der Waals surface area (Å²) in [7, 11) is 3.48. The van der Waals surface area contributed by atoms with Crippen LogP contribution in [0.15, 0.2) is 18.2 Å². The first-order chi connectivity index (χ1) is 10.1. The van der Waals surface area contributed by atoms with E-state index in [1.54, 1.807) is 23.9 Å². The Morgan fingerprint density at radius 3 is 2.90 bits per heavy atom. The van der Waals surface area contributed by atoms with Crippen molar-refractivity contribution < 1.29 is 9.59 Å². The average molecular weight is 287 g/mol. The highest BCUT2D eigenvalue weighted by Crippen LogP contribution is 2.26. The zero-order chi connectivity index (χ0) is 15.0. The monoisotopic (exact) mass is 287 g/mol. The summed E-state index contributed by atoms with van der Waals surface area (Å²) in [6.45, 7) is 1.59. The van der Waals surface area contributed by atoms with Crippen molar-refractivity contribution in [1.29, 1.82) is 0 Å². The maximum Gasteiger partial charge on any atom is 0.254 e. The molecule has 0 saturated carbocycles. The number of anilines is 1. The molecule has 5 nitrogen and oxygen atoms in total. The van der Waals surface area contributed by atoms with Crippen LogP contribution in [0.2, 0.25) is 0 Å². The minimum atomic E-state index is -0.311. The Balaban J connectivity index is 1.82. The highest BCUT2D eigenvalue weighted by Gasteiger charge is 2.35. The van der Waals surface area contributed by atoms with Gasteiger partial charge in [-0.3, -0.25) is 9.59 Å². The maximum absolute atomic E-state index is 12.7. The van der Waals surface area contributed by atoms with Crippen molar-refractivity contribution >= 4 is 17.5 Å². The van der Waals surface area contributed by atoms with Gasteiger partial charge < -0.3 is 15.1 Å². The summed E-state index contributed by atoms with van der Waals surface area (Å²) in [5.41, 5.74) is 2.98. The average Bonchev–Trinajstić information content (AvgIpc) is 3.13. The van der Waals surface area contributed by atoms with Gasteiger partial charge in [0.15, 0.2) is 0 Å². The topological polar surface area (TPSA) is 52.7 Å². The molecule has 2 heterocycles. The third-order valence-corrected chi connectivity index (χ3v) is 4.31. The normalized spacial score (nSPS) is 20.1. The lowest BCUT2D eigenvalue weighted by Crippen LogP contribution is -2.45.